The number of nitrogens with one attached hydrogen (secondary N) is 1. The Kier molecular flexibility index (Phi) is 4.30. The van der Waals surface area contributed by atoms with Crippen LogP contribution in [0.2, 0.25) is 0 Å². The van der Waals surface area contributed by atoms with Gasteiger partial charge < -0.3 is 16.2 Å². The quantitative estimate of drug-likeness (QED) is 0.678. The van der Waals surface area contributed by atoms with Crippen molar-refractivity contribution in [1.29, 1.82) is 0 Å². The third kappa shape index (κ3) is 3.40. The molecule has 7 heteroatoms. The summed E-state index contributed by atoms with van der Waals surface area (Å²) < 4.78 is 13.9. The van der Waals surface area contributed by atoms with E-state index in [1.165, 1.54) is 18.5 Å². The molecule has 1 heterocycles. The summed E-state index contributed by atoms with van der Waals surface area (Å²) >= 11 is 0. The number of amides is 1. The van der Waals surface area contributed by atoms with Gasteiger partial charge in [0.1, 0.15) is 17.8 Å². The summed E-state index contributed by atoms with van der Waals surface area (Å²) in [5.74, 6) is -1.65. The molecule has 0 unspecified atom stereocenters. The molecule has 0 spiro atoms. The first-order chi connectivity index (χ1) is 12.0. The highest BCUT2D eigenvalue weighted by Crippen LogP contribution is 2.33. The first-order valence-corrected chi connectivity index (χ1v) is 7.43. The Morgan fingerprint density at radius 1 is 1.16 bits per heavy atom. The predicted octanol–water partition coefficient (Wildman–Crippen LogP) is 3.14. The smallest absolute Gasteiger partial charge is 0.251 e. The third-order valence-corrected chi connectivity index (χ3v) is 3.64. The van der Waals surface area contributed by atoms with E-state index in [1.54, 1.807) is 0 Å². The van der Waals surface area contributed by atoms with Crippen molar-refractivity contribution in [3.05, 3.63) is 65.7 Å². The number of carbonyl (C=O) groups is 1. The lowest BCUT2D eigenvalue weighted by molar-refractivity contribution is 0.0996. The highest BCUT2D eigenvalue weighted by atomic mass is 19.1. The van der Waals surface area contributed by atoms with Gasteiger partial charge in [-0.15, -0.1) is 0 Å². The van der Waals surface area contributed by atoms with Crippen molar-refractivity contribution in [1.82, 2.24) is 9.97 Å². The van der Waals surface area contributed by atoms with Crippen LogP contribution in [-0.2, 0) is 0 Å². The van der Waals surface area contributed by atoms with E-state index in [4.69, 9.17) is 5.73 Å². The minimum absolute atomic E-state index is 0.122. The SMILES string of the molecule is Cc1ccc(-c2ncnc(Nc3ccc(C(N)=O)c(F)c3)c2O)cc1. The summed E-state index contributed by atoms with van der Waals surface area (Å²) in [5, 5.41) is 13.2. The average molecular weight is 338 g/mol. The number of carbonyl (C=O) groups excluding carboxylic acids is 1. The van der Waals surface area contributed by atoms with Crippen LogP contribution in [-0.4, -0.2) is 21.0 Å². The van der Waals surface area contributed by atoms with Crippen molar-refractivity contribution < 1.29 is 14.3 Å². The fraction of sp³-hybridized carbons (Fsp3) is 0.0556. The second kappa shape index (κ2) is 6.56. The second-order valence-corrected chi connectivity index (χ2v) is 5.47. The number of nitrogens with zero attached hydrogens (tertiary/aromatic N) is 2. The number of benzene rings is 2. The maximum Gasteiger partial charge on any atom is 0.251 e. The summed E-state index contributed by atoms with van der Waals surface area (Å²) in [5.41, 5.74) is 7.34. The van der Waals surface area contributed by atoms with E-state index in [0.29, 0.717) is 11.4 Å². The van der Waals surface area contributed by atoms with Gasteiger partial charge in [0.05, 0.1) is 5.56 Å². The molecular formula is C18H15FN4O2. The molecule has 0 atom stereocenters. The molecule has 2 aromatic carbocycles. The van der Waals surface area contributed by atoms with Gasteiger partial charge in [0.25, 0.3) is 5.91 Å². The van der Waals surface area contributed by atoms with E-state index in [9.17, 15) is 14.3 Å². The van der Waals surface area contributed by atoms with Crippen molar-refractivity contribution >= 4 is 17.4 Å². The molecule has 3 rings (SSSR count). The van der Waals surface area contributed by atoms with Gasteiger partial charge in [-0.3, -0.25) is 4.79 Å². The Labute approximate surface area is 143 Å². The standard InChI is InChI=1S/C18H15FN4O2/c1-10-2-4-11(5-3-10)15-16(24)18(22-9-21-15)23-12-6-7-13(17(20)25)14(19)8-12/h2-9,24H,1H3,(H2,20,25)(H,21,22,23). The zero-order valence-electron chi connectivity index (χ0n) is 13.3. The minimum Gasteiger partial charge on any atom is -0.503 e. The van der Waals surface area contributed by atoms with Crippen molar-refractivity contribution in [3.63, 3.8) is 0 Å². The molecule has 0 saturated heterocycles. The monoisotopic (exact) mass is 338 g/mol. The van der Waals surface area contributed by atoms with Crippen molar-refractivity contribution in [2.75, 3.05) is 5.32 Å². The first-order valence-electron chi connectivity index (χ1n) is 7.43. The Hall–Kier alpha value is -3.48. The van der Waals surface area contributed by atoms with Crippen LogP contribution in [0.25, 0.3) is 11.3 Å². The van der Waals surface area contributed by atoms with Gasteiger partial charge in [0.15, 0.2) is 11.6 Å². The van der Waals surface area contributed by atoms with E-state index in [2.05, 4.69) is 15.3 Å². The number of rotatable bonds is 4. The van der Waals surface area contributed by atoms with Gasteiger partial charge in [0, 0.05) is 11.3 Å². The summed E-state index contributed by atoms with van der Waals surface area (Å²) in [6, 6.07) is 11.3. The molecule has 0 saturated carbocycles. The Bertz CT molecular complexity index is 942. The second-order valence-electron chi connectivity index (χ2n) is 5.47. The lowest BCUT2D eigenvalue weighted by Gasteiger charge is -2.11. The fourth-order valence-corrected chi connectivity index (χ4v) is 2.32. The molecule has 0 aliphatic carbocycles. The van der Waals surface area contributed by atoms with E-state index in [-0.39, 0.29) is 17.1 Å². The van der Waals surface area contributed by atoms with Crippen molar-refractivity contribution in [3.8, 4) is 17.0 Å². The molecule has 25 heavy (non-hydrogen) atoms. The van der Waals surface area contributed by atoms with Gasteiger partial charge in [-0.25, -0.2) is 14.4 Å². The highest BCUT2D eigenvalue weighted by Gasteiger charge is 2.14. The largest absolute Gasteiger partial charge is 0.503 e. The summed E-state index contributed by atoms with van der Waals surface area (Å²) in [4.78, 5) is 19.1. The maximum atomic E-state index is 13.9. The Morgan fingerprint density at radius 2 is 1.88 bits per heavy atom. The average Bonchev–Trinajstić information content (AvgIpc) is 2.57. The molecule has 0 aliphatic rings. The normalized spacial score (nSPS) is 10.5. The van der Waals surface area contributed by atoms with E-state index < -0.39 is 11.7 Å². The molecule has 1 amide bonds. The number of halogens is 1. The van der Waals surface area contributed by atoms with Crippen LogP contribution in [0.3, 0.4) is 0 Å². The number of primary amides is 1. The highest BCUT2D eigenvalue weighted by molar-refractivity contribution is 5.93. The molecule has 0 fully saturated rings. The lowest BCUT2D eigenvalue weighted by atomic mass is 10.1. The third-order valence-electron chi connectivity index (χ3n) is 3.64. The van der Waals surface area contributed by atoms with Gasteiger partial charge in [-0.1, -0.05) is 29.8 Å². The van der Waals surface area contributed by atoms with Crippen LogP contribution in [0.1, 0.15) is 15.9 Å². The summed E-state index contributed by atoms with van der Waals surface area (Å²) in [6.07, 6.45) is 1.30. The van der Waals surface area contributed by atoms with Gasteiger partial charge in [-0.05, 0) is 25.1 Å². The van der Waals surface area contributed by atoms with E-state index in [1.807, 2.05) is 31.2 Å². The topological polar surface area (TPSA) is 101 Å². The number of aryl methyl sites for hydroxylation is 1. The predicted molar refractivity (Wildman–Crippen MR) is 92.1 cm³/mol. The Balaban J connectivity index is 1.94. The van der Waals surface area contributed by atoms with Crippen LogP contribution in [0.4, 0.5) is 15.9 Å². The first kappa shape index (κ1) is 16.4. The van der Waals surface area contributed by atoms with Crippen LogP contribution in [0.5, 0.6) is 5.75 Å². The number of aromatic hydroxyl groups is 1. The van der Waals surface area contributed by atoms with Crippen LogP contribution in [0, 0.1) is 12.7 Å². The zero-order chi connectivity index (χ0) is 18.0. The van der Waals surface area contributed by atoms with E-state index >= 15 is 0 Å². The summed E-state index contributed by atoms with van der Waals surface area (Å²) in [6.45, 7) is 1.96. The summed E-state index contributed by atoms with van der Waals surface area (Å²) in [7, 11) is 0. The molecule has 0 radical (unpaired) electrons. The number of hydrogen-bond acceptors (Lipinski definition) is 5. The van der Waals surface area contributed by atoms with Crippen LogP contribution in [0.15, 0.2) is 48.8 Å². The van der Waals surface area contributed by atoms with Crippen LogP contribution < -0.4 is 11.1 Å². The molecule has 6 nitrogen and oxygen atoms in total. The molecule has 1 aromatic heterocycles. The van der Waals surface area contributed by atoms with Gasteiger partial charge >= 0.3 is 0 Å². The zero-order valence-corrected chi connectivity index (χ0v) is 13.3. The van der Waals surface area contributed by atoms with Gasteiger partial charge in [0.2, 0.25) is 0 Å². The molecular weight excluding hydrogens is 323 g/mol. The molecule has 3 aromatic rings. The number of aromatic nitrogens is 2. The van der Waals surface area contributed by atoms with E-state index in [0.717, 1.165) is 17.2 Å². The van der Waals surface area contributed by atoms with Gasteiger partial charge in [-0.2, -0.15) is 0 Å². The lowest BCUT2D eigenvalue weighted by Crippen LogP contribution is -2.13. The molecule has 4 N–H and O–H groups in total. The van der Waals surface area contributed by atoms with Crippen molar-refractivity contribution in [2.45, 2.75) is 6.92 Å². The fourth-order valence-electron chi connectivity index (χ4n) is 2.32. The molecule has 0 bridgehead atoms. The number of hydrogen-bond donors (Lipinski definition) is 3. The minimum atomic E-state index is -0.851. The number of anilines is 2. The Morgan fingerprint density at radius 3 is 2.52 bits per heavy atom. The molecule has 126 valence electrons. The number of nitrogens with two attached hydrogens (primary N) is 1. The van der Waals surface area contributed by atoms with Crippen molar-refractivity contribution in [2.24, 2.45) is 5.73 Å². The van der Waals surface area contributed by atoms with Crippen LogP contribution >= 0.6 is 0 Å². The molecule has 0 aliphatic heterocycles. The maximum absolute atomic E-state index is 13.9.